The van der Waals surface area contributed by atoms with E-state index in [1.807, 2.05) is 0 Å². The van der Waals surface area contributed by atoms with E-state index < -0.39 is 11.8 Å². The van der Waals surface area contributed by atoms with Crippen molar-refractivity contribution in [2.45, 2.75) is 38.6 Å². The van der Waals surface area contributed by atoms with Crippen LogP contribution in [-0.2, 0) is 14.3 Å². The van der Waals surface area contributed by atoms with Gasteiger partial charge in [-0.2, -0.15) is 0 Å². The molecule has 1 rings (SSSR count). The molecule has 0 spiro atoms. The second-order valence-corrected chi connectivity index (χ2v) is 4.59. The SMILES string of the molecule is COCCNC(=O)C(=O)N[C@@H]1CCCC[C@H]1C. The first-order valence-electron chi connectivity index (χ1n) is 6.22. The highest BCUT2D eigenvalue weighted by molar-refractivity contribution is 6.35. The molecule has 1 aliphatic rings. The van der Waals surface area contributed by atoms with Crippen LogP contribution in [0.15, 0.2) is 0 Å². The van der Waals surface area contributed by atoms with Gasteiger partial charge < -0.3 is 15.4 Å². The van der Waals surface area contributed by atoms with Gasteiger partial charge in [0.25, 0.3) is 0 Å². The minimum atomic E-state index is -0.570. The van der Waals surface area contributed by atoms with Crippen LogP contribution in [0.4, 0.5) is 0 Å². The van der Waals surface area contributed by atoms with Crippen molar-refractivity contribution in [1.29, 1.82) is 0 Å². The Labute approximate surface area is 102 Å². The molecule has 17 heavy (non-hydrogen) atoms. The number of nitrogens with one attached hydrogen (secondary N) is 2. The Morgan fingerprint density at radius 1 is 1.24 bits per heavy atom. The molecule has 0 aromatic rings. The molecule has 1 aliphatic carbocycles. The van der Waals surface area contributed by atoms with Gasteiger partial charge in [-0.3, -0.25) is 9.59 Å². The number of ether oxygens (including phenoxy) is 1. The second-order valence-electron chi connectivity index (χ2n) is 4.59. The molecule has 0 aliphatic heterocycles. The largest absolute Gasteiger partial charge is 0.383 e. The summed E-state index contributed by atoms with van der Waals surface area (Å²) >= 11 is 0. The summed E-state index contributed by atoms with van der Waals surface area (Å²) in [4.78, 5) is 23.0. The number of carbonyl (C=O) groups is 2. The molecule has 0 aromatic carbocycles. The lowest BCUT2D eigenvalue weighted by Gasteiger charge is -2.29. The zero-order chi connectivity index (χ0) is 12.7. The van der Waals surface area contributed by atoms with Crippen molar-refractivity contribution in [2.24, 2.45) is 5.92 Å². The van der Waals surface area contributed by atoms with E-state index in [0.29, 0.717) is 19.1 Å². The zero-order valence-electron chi connectivity index (χ0n) is 10.6. The first-order chi connectivity index (χ1) is 8.15. The van der Waals surface area contributed by atoms with Gasteiger partial charge in [0.1, 0.15) is 0 Å². The third kappa shape index (κ3) is 4.73. The number of rotatable bonds is 4. The minimum Gasteiger partial charge on any atom is -0.383 e. The summed E-state index contributed by atoms with van der Waals surface area (Å²) < 4.78 is 4.79. The maximum absolute atomic E-state index is 11.6. The normalized spacial score (nSPS) is 24.1. The average Bonchev–Trinajstić information content (AvgIpc) is 2.32. The van der Waals surface area contributed by atoms with Crippen molar-refractivity contribution < 1.29 is 14.3 Å². The maximum atomic E-state index is 11.6. The van der Waals surface area contributed by atoms with Gasteiger partial charge in [0, 0.05) is 19.7 Å². The molecule has 0 aromatic heterocycles. The predicted octanol–water partition coefficient (Wildman–Crippen LogP) is 0.444. The van der Waals surface area contributed by atoms with Gasteiger partial charge in [-0.25, -0.2) is 0 Å². The number of hydrogen-bond acceptors (Lipinski definition) is 3. The fourth-order valence-electron chi connectivity index (χ4n) is 2.11. The topological polar surface area (TPSA) is 67.4 Å². The van der Waals surface area contributed by atoms with Crippen LogP contribution in [0, 0.1) is 5.92 Å². The number of hydrogen-bond donors (Lipinski definition) is 2. The molecule has 0 heterocycles. The Kier molecular flexibility index (Phi) is 5.97. The summed E-state index contributed by atoms with van der Waals surface area (Å²) in [5, 5.41) is 5.32. The van der Waals surface area contributed by atoms with E-state index in [-0.39, 0.29) is 6.04 Å². The Balaban J connectivity index is 2.29. The average molecular weight is 242 g/mol. The van der Waals surface area contributed by atoms with Crippen LogP contribution in [-0.4, -0.2) is 38.1 Å². The van der Waals surface area contributed by atoms with Crippen molar-refractivity contribution in [3.63, 3.8) is 0 Å². The number of amides is 2. The summed E-state index contributed by atoms with van der Waals surface area (Å²) in [7, 11) is 1.55. The zero-order valence-corrected chi connectivity index (χ0v) is 10.6. The highest BCUT2D eigenvalue weighted by Gasteiger charge is 2.25. The lowest BCUT2D eigenvalue weighted by Crippen LogP contribution is -2.48. The Morgan fingerprint density at radius 3 is 2.59 bits per heavy atom. The van der Waals surface area contributed by atoms with Crippen LogP contribution >= 0.6 is 0 Å². The molecule has 0 saturated heterocycles. The fraction of sp³-hybridized carbons (Fsp3) is 0.833. The van der Waals surface area contributed by atoms with E-state index in [0.717, 1.165) is 19.3 Å². The van der Waals surface area contributed by atoms with Crippen LogP contribution in [0.3, 0.4) is 0 Å². The van der Waals surface area contributed by atoms with E-state index in [1.165, 1.54) is 6.42 Å². The molecule has 98 valence electrons. The van der Waals surface area contributed by atoms with Crippen LogP contribution in [0.5, 0.6) is 0 Å². The molecule has 1 fully saturated rings. The van der Waals surface area contributed by atoms with Gasteiger partial charge in [0.05, 0.1) is 6.61 Å². The van der Waals surface area contributed by atoms with Crippen molar-refractivity contribution in [1.82, 2.24) is 10.6 Å². The molecule has 2 N–H and O–H groups in total. The van der Waals surface area contributed by atoms with E-state index in [4.69, 9.17) is 4.74 Å². The molecule has 0 bridgehead atoms. The van der Waals surface area contributed by atoms with Crippen molar-refractivity contribution in [3.05, 3.63) is 0 Å². The standard InChI is InChI=1S/C12H22N2O3/c1-9-5-3-4-6-10(9)14-12(16)11(15)13-7-8-17-2/h9-10H,3-8H2,1-2H3,(H,13,15)(H,14,16)/t9-,10-/m1/s1. The van der Waals surface area contributed by atoms with Gasteiger partial charge in [-0.1, -0.05) is 19.8 Å². The van der Waals surface area contributed by atoms with Crippen LogP contribution in [0.2, 0.25) is 0 Å². The lowest BCUT2D eigenvalue weighted by atomic mass is 9.86. The summed E-state index contributed by atoms with van der Waals surface area (Å²) in [6, 6.07) is 0.143. The monoisotopic (exact) mass is 242 g/mol. The fourth-order valence-corrected chi connectivity index (χ4v) is 2.11. The molecule has 5 nitrogen and oxygen atoms in total. The minimum absolute atomic E-state index is 0.143. The molecular weight excluding hydrogens is 220 g/mol. The van der Waals surface area contributed by atoms with E-state index in [9.17, 15) is 9.59 Å². The van der Waals surface area contributed by atoms with Crippen LogP contribution in [0.25, 0.3) is 0 Å². The first kappa shape index (κ1) is 14.0. The summed E-state index contributed by atoms with van der Waals surface area (Å²) in [6.07, 6.45) is 4.43. The summed E-state index contributed by atoms with van der Waals surface area (Å²) in [6.45, 7) is 2.90. The molecular formula is C12H22N2O3. The number of methoxy groups -OCH3 is 1. The summed E-state index contributed by atoms with van der Waals surface area (Å²) in [5.74, 6) is -0.640. The van der Waals surface area contributed by atoms with Crippen LogP contribution < -0.4 is 10.6 Å². The molecule has 0 radical (unpaired) electrons. The second kappa shape index (κ2) is 7.27. The predicted molar refractivity (Wildman–Crippen MR) is 64.4 cm³/mol. The Hall–Kier alpha value is -1.10. The van der Waals surface area contributed by atoms with E-state index in [2.05, 4.69) is 17.6 Å². The van der Waals surface area contributed by atoms with Crippen molar-refractivity contribution in [2.75, 3.05) is 20.3 Å². The Bertz CT molecular complexity index is 268. The number of carbonyl (C=O) groups excluding carboxylic acids is 2. The third-order valence-corrected chi connectivity index (χ3v) is 3.23. The first-order valence-corrected chi connectivity index (χ1v) is 6.22. The van der Waals surface area contributed by atoms with E-state index in [1.54, 1.807) is 7.11 Å². The molecule has 2 atom stereocenters. The lowest BCUT2D eigenvalue weighted by molar-refractivity contribution is -0.140. The smallest absolute Gasteiger partial charge is 0.309 e. The van der Waals surface area contributed by atoms with Gasteiger partial charge in [0.2, 0.25) is 0 Å². The molecule has 1 saturated carbocycles. The van der Waals surface area contributed by atoms with Gasteiger partial charge in [-0.05, 0) is 18.8 Å². The molecule has 5 heteroatoms. The highest BCUT2D eigenvalue weighted by atomic mass is 16.5. The van der Waals surface area contributed by atoms with Crippen LogP contribution in [0.1, 0.15) is 32.6 Å². The van der Waals surface area contributed by atoms with Gasteiger partial charge in [-0.15, -0.1) is 0 Å². The Morgan fingerprint density at radius 2 is 1.94 bits per heavy atom. The maximum Gasteiger partial charge on any atom is 0.309 e. The van der Waals surface area contributed by atoms with Gasteiger partial charge in [0.15, 0.2) is 0 Å². The third-order valence-electron chi connectivity index (χ3n) is 3.23. The molecule has 2 amide bonds. The van der Waals surface area contributed by atoms with E-state index >= 15 is 0 Å². The molecule has 0 unspecified atom stereocenters. The summed E-state index contributed by atoms with van der Waals surface area (Å²) in [5.41, 5.74) is 0. The highest BCUT2D eigenvalue weighted by Crippen LogP contribution is 2.23. The quantitative estimate of drug-likeness (QED) is 0.555. The van der Waals surface area contributed by atoms with Crippen molar-refractivity contribution in [3.8, 4) is 0 Å². The van der Waals surface area contributed by atoms with Gasteiger partial charge >= 0.3 is 11.8 Å². The van der Waals surface area contributed by atoms with Crippen molar-refractivity contribution >= 4 is 11.8 Å².